The lowest BCUT2D eigenvalue weighted by Gasteiger charge is -2.35. The highest BCUT2D eigenvalue weighted by Gasteiger charge is 2.23. The van der Waals surface area contributed by atoms with E-state index in [0.29, 0.717) is 18.7 Å². The summed E-state index contributed by atoms with van der Waals surface area (Å²) in [4.78, 5) is 16.7. The number of benzene rings is 2. The molecular weight excluding hydrogens is 432 g/mol. The molecule has 2 heterocycles. The number of nitrogens with zero attached hydrogens (tertiary/aromatic N) is 4. The minimum atomic E-state index is 0.0663. The van der Waals surface area contributed by atoms with Gasteiger partial charge in [0.05, 0.1) is 12.8 Å². The van der Waals surface area contributed by atoms with Gasteiger partial charge in [-0.05, 0) is 48.5 Å². The molecule has 1 aliphatic heterocycles. The molecule has 0 bridgehead atoms. The van der Waals surface area contributed by atoms with Crippen LogP contribution in [-0.4, -0.2) is 54.3 Å². The van der Waals surface area contributed by atoms with Gasteiger partial charge in [-0.1, -0.05) is 28.1 Å². The van der Waals surface area contributed by atoms with E-state index in [2.05, 4.69) is 31.0 Å². The van der Waals surface area contributed by atoms with Crippen LogP contribution in [-0.2, 0) is 0 Å². The van der Waals surface area contributed by atoms with Crippen LogP contribution in [0.4, 0.5) is 5.82 Å². The van der Waals surface area contributed by atoms with Crippen molar-refractivity contribution in [3.05, 3.63) is 70.7 Å². The number of carbonyl (C=O) groups is 1. The highest BCUT2D eigenvalue weighted by atomic mass is 79.9. The summed E-state index contributed by atoms with van der Waals surface area (Å²) in [5.41, 5.74) is 2.48. The Kier molecular flexibility index (Phi) is 5.76. The first-order chi connectivity index (χ1) is 14.1. The van der Waals surface area contributed by atoms with Crippen molar-refractivity contribution in [3.63, 3.8) is 0 Å². The molecule has 0 spiro atoms. The molecule has 0 atom stereocenters. The predicted octanol–water partition coefficient (Wildman–Crippen LogP) is 3.88. The second kappa shape index (κ2) is 8.61. The zero-order chi connectivity index (χ0) is 20.2. The zero-order valence-corrected chi connectivity index (χ0v) is 17.7. The van der Waals surface area contributed by atoms with E-state index in [1.807, 2.05) is 65.6 Å². The van der Waals surface area contributed by atoms with E-state index < -0.39 is 0 Å². The van der Waals surface area contributed by atoms with Crippen molar-refractivity contribution in [3.8, 4) is 17.0 Å². The Bertz CT molecular complexity index is 984. The van der Waals surface area contributed by atoms with Gasteiger partial charge in [0, 0.05) is 41.8 Å². The van der Waals surface area contributed by atoms with Crippen molar-refractivity contribution in [2.75, 3.05) is 38.2 Å². The Labute approximate surface area is 178 Å². The molecule has 0 saturated carbocycles. The normalized spacial score (nSPS) is 14.0. The molecule has 29 heavy (non-hydrogen) atoms. The molecule has 6 nitrogen and oxygen atoms in total. The summed E-state index contributed by atoms with van der Waals surface area (Å²) in [6.07, 6.45) is 0. The van der Waals surface area contributed by atoms with Crippen LogP contribution in [0.5, 0.6) is 5.75 Å². The quantitative estimate of drug-likeness (QED) is 0.600. The van der Waals surface area contributed by atoms with E-state index in [1.54, 1.807) is 7.11 Å². The molecule has 0 unspecified atom stereocenters. The number of anilines is 1. The van der Waals surface area contributed by atoms with Gasteiger partial charge in [0.15, 0.2) is 5.82 Å². The molecule has 4 rings (SSSR count). The predicted molar refractivity (Wildman–Crippen MR) is 116 cm³/mol. The third-order valence-corrected chi connectivity index (χ3v) is 5.53. The fraction of sp³-hybridized carbons (Fsp3) is 0.227. The standard InChI is InChI=1S/C22H21BrN4O2/c1-29-19-4-2-3-17(15-19)20-9-10-21(25-24-20)26-11-13-27(14-12-26)22(28)16-5-7-18(23)8-6-16/h2-10,15H,11-14H2,1H3. The van der Waals surface area contributed by atoms with Crippen molar-refractivity contribution in [1.82, 2.24) is 15.1 Å². The highest BCUT2D eigenvalue weighted by Crippen LogP contribution is 2.23. The minimum Gasteiger partial charge on any atom is -0.497 e. The van der Waals surface area contributed by atoms with Gasteiger partial charge < -0.3 is 14.5 Å². The van der Waals surface area contributed by atoms with E-state index >= 15 is 0 Å². The van der Waals surface area contributed by atoms with Gasteiger partial charge in [0.1, 0.15) is 5.75 Å². The summed E-state index contributed by atoms with van der Waals surface area (Å²) in [5.74, 6) is 1.68. The van der Waals surface area contributed by atoms with Gasteiger partial charge in [-0.25, -0.2) is 0 Å². The number of aromatic nitrogens is 2. The summed E-state index contributed by atoms with van der Waals surface area (Å²) in [7, 11) is 1.65. The van der Waals surface area contributed by atoms with E-state index in [4.69, 9.17) is 4.74 Å². The smallest absolute Gasteiger partial charge is 0.253 e. The summed E-state index contributed by atoms with van der Waals surface area (Å²) < 4.78 is 6.24. The maximum absolute atomic E-state index is 12.7. The second-order valence-electron chi connectivity index (χ2n) is 6.79. The number of ether oxygens (including phenoxy) is 1. The number of carbonyl (C=O) groups excluding carboxylic acids is 1. The van der Waals surface area contributed by atoms with E-state index in [0.717, 1.165) is 40.4 Å². The Hall–Kier alpha value is -2.93. The maximum atomic E-state index is 12.7. The molecule has 148 valence electrons. The van der Waals surface area contributed by atoms with E-state index in [1.165, 1.54) is 0 Å². The first-order valence-electron chi connectivity index (χ1n) is 9.42. The van der Waals surface area contributed by atoms with Gasteiger partial charge in [-0.15, -0.1) is 10.2 Å². The molecule has 0 N–H and O–H groups in total. The minimum absolute atomic E-state index is 0.0663. The molecular formula is C22H21BrN4O2. The summed E-state index contributed by atoms with van der Waals surface area (Å²) >= 11 is 3.40. The molecule has 3 aromatic rings. The average Bonchev–Trinajstić information content (AvgIpc) is 2.79. The van der Waals surface area contributed by atoms with Crippen LogP contribution in [0.1, 0.15) is 10.4 Å². The zero-order valence-electron chi connectivity index (χ0n) is 16.1. The number of halogens is 1. The van der Waals surface area contributed by atoms with Gasteiger partial charge in [0.25, 0.3) is 5.91 Å². The van der Waals surface area contributed by atoms with Crippen molar-refractivity contribution in [2.45, 2.75) is 0 Å². The third-order valence-electron chi connectivity index (χ3n) is 5.00. The first kappa shape index (κ1) is 19.4. The maximum Gasteiger partial charge on any atom is 0.253 e. The average molecular weight is 453 g/mol. The molecule has 1 aromatic heterocycles. The molecule has 1 amide bonds. The Morgan fingerprint density at radius 1 is 0.966 bits per heavy atom. The third kappa shape index (κ3) is 4.40. The number of amides is 1. The van der Waals surface area contributed by atoms with Crippen molar-refractivity contribution in [2.24, 2.45) is 0 Å². The molecule has 7 heteroatoms. The van der Waals surface area contributed by atoms with Crippen LogP contribution < -0.4 is 9.64 Å². The van der Waals surface area contributed by atoms with Crippen LogP contribution in [0, 0.1) is 0 Å². The van der Waals surface area contributed by atoms with Gasteiger partial charge >= 0.3 is 0 Å². The lowest BCUT2D eigenvalue weighted by atomic mass is 10.1. The number of hydrogen-bond donors (Lipinski definition) is 0. The molecule has 2 aromatic carbocycles. The lowest BCUT2D eigenvalue weighted by molar-refractivity contribution is 0.0746. The van der Waals surface area contributed by atoms with Crippen LogP contribution in [0.3, 0.4) is 0 Å². The number of rotatable bonds is 4. The van der Waals surface area contributed by atoms with Gasteiger partial charge in [-0.3, -0.25) is 4.79 Å². The number of methoxy groups -OCH3 is 1. The van der Waals surface area contributed by atoms with Gasteiger partial charge in [0.2, 0.25) is 0 Å². The van der Waals surface area contributed by atoms with Crippen LogP contribution in [0.25, 0.3) is 11.3 Å². The fourth-order valence-corrected chi connectivity index (χ4v) is 3.61. The second-order valence-corrected chi connectivity index (χ2v) is 7.71. The Morgan fingerprint density at radius 2 is 1.72 bits per heavy atom. The monoisotopic (exact) mass is 452 g/mol. The summed E-state index contributed by atoms with van der Waals surface area (Å²) in [5, 5.41) is 8.78. The van der Waals surface area contributed by atoms with Crippen LogP contribution in [0.2, 0.25) is 0 Å². The SMILES string of the molecule is COc1cccc(-c2ccc(N3CCN(C(=O)c4ccc(Br)cc4)CC3)nn2)c1. The van der Waals surface area contributed by atoms with Crippen molar-refractivity contribution in [1.29, 1.82) is 0 Å². The van der Waals surface area contributed by atoms with Crippen LogP contribution >= 0.6 is 15.9 Å². The van der Waals surface area contributed by atoms with Crippen molar-refractivity contribution >= 4 is 27.7 Å². The first-order valence-corrected chi connectivity index (χ1v) is 10.2. The Balaban J connectivity index is 1.39. The lowest BCUT2D eigenvalue weighted by Crippen LogP contribution is -2.49. The Morgan fingerprint density at radius 3 is 2.38 bits per heavy atom. The molecule has 1 saturated heterocycles. The topological polar surface area (TPSA) is 58.6 Å². The fourth-order valence-electron chi connectivity index (χ4n) is 3.34. The van der Waals surface area contributed by atoms with Crippen LogP contribution in [0.15, 0.2) is 65.1 Å². The molecule has 1 aliphatic rings. The van der Waals surface area contributed by atoms with Crippen molar-refractivity contribution < 1.29 is 9.53 Å². The number of piperazine rings is 1. The van der Waals surface area contributed by atoms with E-state index in [9.17, 15) is 4.79 Å². The molecule has 0 aliphatic carbocycles. The van der Waals surface area contributed by atoms with Gasteiger partial charge in [-0.2, -0.15) is 0 Å². The van der Waals surface area contributed by atoms with E-state index in [-0.39, 0.29) is 5.91 Å². The summed E-state index contributed by atoms with van der Waals surface area (Å²) in [6, 6.07) is 19.2. The summed E-state index contributed by atoms with van der Waals surface area (Å²) in [6.45, 7) is 2.79. The number of hydrogen-bond acceptors (Lipinski definition) is 5. The molecule has 1 fully saturated rings. The highest BCUT2D eigenvalue weighted by molar-refractivity contribution is 9.10. The largest absolute Gasteiger partial charge is 0.497 e. The molecule has 0 radical (unpaired) electrons.